The second kappa shape index (κ2) is 23.6. The van der Waals surface area contributed by atoms with Crippen molar-refractivity contribution in [2.75, 3.05) is 0 Å². The normalized spacial score (nSPS) is 5.44. The van der Waals surface area contributed by atoms with Crippen molar-refractivity contribution < 1.29 is 31.3 Å². The van der Waals surface area contributed by atoms with Crippen molar-refractivity contribution >= 4 is 17.8 Å². The first-order valence-electron chi connectivity index (χ1n) is 3.21. The van der Waals surface area contributed by atoms with Gasteiger partial charge in [0.25, 0.3) is 0 Å². The zero-order valence-corrected chi connectivity index (χ0v) is 9.93. The average Bonchev–Trinajstić information content (AvgIpc) is 2.37. The van der Waals surface area contributed by atoms with Gasteiger partial charge in [0, 0.05) is 34.2 Å². The molecule has 0 radical (unpaired) electrons. The van der Waals surface area contributed by atoms with Gasteiger partial charge in [0.05, 0.1) is 0 Å². The third-order valence-corrected chi connectivity index (χ3v) is 1.40. The second-order valence-electron chi connectivity index (χ2n) is 1.67. The Kier molecular flexibility index (Phi) is 35.8. The second-order valence-corrected chi connectivity index (χ2v) is 2.07. The van der Waals surface area contributed by atoms with Gasteiger partial charge in [0.15, 0.2) is 0 Å². The van der Waals surface area contributed by atoms with E-state index in [9.17, 15) is 0 Å². The summed E-state index contributed by atoms with van der Waals surface area (Å²) < 4.78 is 22.5. The van der Waals surface area contributed by atoms with E-state index in [4.69, 9.17) is 31.0 Å². The Bertz CT molecular complexity index is 322. The summed E-state index contributed by atoms with van der Waals surface area (Å²) in [4.78, 5) is 0. The van der Waals surface area contributed by atoms with E-state index in [-0.39, 0.29) is 17.4 Å². The molecule has 0 saturated carbocycles. The zero-order chi connectivity index (χ0) is 12.7. The summed E-state index contributed by atoms with van der Waals surface area (Å²) in [6, 6.07) is 7.26. The molecular weight excluding hydrogens is 270 g/mol. The number of hydrogen-bond acceptors (Lipinski definition) is 1. The van der Waals surface area contributed by atoms with Gasteiger partial charge in [-0.2, -0.15) is 0 Å². The predicted molar refractivity (Wildman–Crippen MR) is 51.1 cm³/mol. The molecule has 0 fully saturated rings. The van der Waals surface area contributed by atoms with E-state index in [0.717, 1.165) is 5.56 Å². The Morgan fingerprint density at radius 3 is 1.62 bits per heavy atom. The number of nitrogens with one attached hydrogen (secondary N) is 1. The predicted octanol–water partition coefficient (Wildman–Crippen LogP) is 2.22. The Balaban J connectivity index is -0.0000000900. The quantitative estimate of drug-likeness (QED) is 0.463. The summed E-state index contributed by atoms with van der Waals surface area (Å²) in [5, 5.41) is 7.51. The van der Waals surface area contributed by atoms with Crippen LogP contribution >= 0.6 is 11.6 Å². The Morgan fingerprint density at radius 1 is 1.00 bits per heavy atom. The van der Waals surface area contributed by atoms with Crippen LogP contribution in [0.1, 0.15) is 5.56 Å². The van der Waals surface area contributed by atoms with Crippen LogP contribution < -0.4 is 0 Å². The first-order chi connectivity index (χ1) is 7.34. The van der Waals surface area contributed by atoms with E-state index in [1.54, 1.807) is 12.1 Å². The minimum absolute atomic E-state index is 0. The van der Waals surface area contributed by atoms with Gasteiger partial charge in [0.2, 0.25) is 0 Å². The molecule has 0 unspecified atom stereocenters. The van der Waals surface area contributed by atoms with Crippen molar-refractivity contribution in [1.82, 2.24) is 0 Å². The molecule has 0 aromatic heterocycles. The van der Waals surface area contributed by atoms with E-state index in [1.165, 1.54) is 6.21 Å². The van der Waals surface area contributed by atoms with Crippen molar-refractivity contribution in [3.05, 3.63) is 54.8 Å². The molecule has 0 bridgehead atoms. The maximum atomic E-state index is 7.50. The molecule has 4 nitrogen and oxygen atoms in total. The summed E-state index contributed by atoms with van der Waals surface area (Å²) in [5.74, 6) is 0. The molecule has 0 heterocycles. The summed E-state index contributed by atoms with van der Waals surface area (Å²) in [6.45, 7) is 13.5. The van der Waals surface area contributed by atoms with Crippen LogP contribution in [0.15, 0.2) is 24.3 Å². The first-order valence-corrected chi connectivity index (χ1v) is 3.58. The molecule has 0 amide bonds. The van der Waals surface area contributed by atoms with Gasteiger partial charge in [-0.3, -0.25) is 0 Å². The molecule has 16 heavy (non-hydrogen) atoms. The van der Waals surface area contributed by atoms with Crippen LogP contribution in [0.25, 0.3) is 0 Å². The fraction of sp³-hybridized carbons (Fsp3) is 0. The van der Waals surface area contributed by atoms with E-state index in [2.05, 4.69) is 20.0 Å². The zero-order valence-electron chi connectivity index (χ0n) is 7.90. The molecule has 0 aliphatic carbocycles. The maximum absolute atomic E-state index is 7.50. The standard InChI is InChI=1S/C7H6ClN.3CO.Cr/c8-7-4-2-1-3-6(7)5-9;3*1-2;/h1-5,9H;;;;. The van der Waals surface area contributed by atoms with E-state index in [1.807, 2.05) is 12.1 Å². The molecule has 0 spiro atoms. The van der Waals surface area contributed by atoms with Gasteiger partial charge >= 0.3 is 33.9 Å². The van der Waals surface area contributed by atoms with E-state index >= 15 is 0 Å². The topological polar surface area (TPSA) is 83.5 Å². The molecule has 0 aliphatic rings. The van der Waals surface area contributed by atoms with Gasteiger partial charge < -0.3 is 5.41 Å². The van der Waals surface area contributed by atoms with Crippen molar-refractivity contribution in [3.8, 4) is 0 Å². The number of rotatable bonds is 1. The van der Waals surface area contributed by atoms with Crippen molar-refractivity contribution in [2.24, 2.45) is 0 Å². The fourth-order valence-corrected chi connectivity index (χ4v) is 0.782. The van der Waals surface area contributed by atoms with Crippen LogP contribution in [0.2, 0.25) is 5.02 Å². The largest absolute Gasteiger partial charge is 0 e. The van der Waals surface area contributed by atoms with E-state index in [0.29, 0.717) is 5.02 Å². The van der Waals surface area contributed by atoms with Crippen molar-refractivity contribution in [2.45, 2.75) is 0 Å². The molecule has 6 heteroatoms. The molecule has 0 saturated heterocycles. The minimum atomic E-state index is 0. The van der Waals surface area contributed by atoms with Gasteiger partial charge in [0.1, 0.15) is 0 Å². The van der Waals surface area contributed by atoms with Crippen LogP contribution in [0.3, 0.4) is 0 Å². The number of benzene rings is 1. The van der Waals surface area contributed by atoms with Crippen LogP contribution in [-0.2, 0) is 31.3 Å². The van der Waals surface area contributed by atoms with Crippen LogP contribution in [0, 0.1) is 25.4 Å². The van der Waals surface area contributed by atoms with Crippen molar-refractivity contribution in [3.63, 3.8) is 0 Å². The first kappa shape index (κ1) is 24.3. The van der Waals surface area contributed by atoms with Crippen LogP contribution in [0.5, 0.6) is 0 Å². The monoisotopic (exact) mass is 275 g/mol. The van der Waals surface area contributed by atoms with Gasteiger partial charge in [-0.05, 0) is 6.07 Å². The van der Waals surface area contributed by atoms with Gasteiger partial charge in [-0.1, -0.05) is 29.8 Å². The third-order valence-electron chi connectivity index (χ3n) is 1.06. The average molecular weight is 276 g/mol. The Hall–Kier alpha value is -1.07. The number of halogens is 1. The Labute approximate surface area is 109 Å². The third kappa shape index (κ3) is 12.9. The number of hydrogen-bond donors (Lipinski definition) is 1. The van der Waals surface area contributed by atoms with Crippen molar-refractivity contribution in [1.29, 1.82) is 5.41 Å². The smallest absolute Gasteiger partial charge is 0 e. The summed E-state index contributed by atoms with van der Waals surface area (Å²) >= 11 is 5.67. The van der Waals surface area contributed by atoms with Gasteiger partial charge in [-0.15, -0.1) is 0 Å². The minimum Gasteiger partial charge on any atom is 0 e. The molecule has 1 aromatic carbocycles. The molecule has 82 valence electrons. The molecule has 1 aromatic rings. The Morgan fingerprint density at radius 2 is 1.38 bits per heavy atom. The van der Waals surface area contributed by atoms with E-state index < -0.39 is 0 Å². The summed E-state index contributed by atoms with van der Waals surface area (Å²) in [7, 11) is 0. The summed E-state index contributed by atoms with van der Waals surface area (Å²) in [6.07, 6.45) is 1.24. The summed E-state index contributed by atoms with van der Waals surface area (Å²) in [5.41, 5.74) is 0.763. The van der Waals surface area contributed by atoms with Gasteiger partial charge in [-0.25, -0.2) is 0 Å². The fourth-order valence-electron chi connectivity index (χ4n) is 0.592. The molecule has 1 N–H and O–H groups in total. The SMILES string of the molecule is N=Cc1ccccc1Cl.[C-]#[O+].[C-]#[O+].[C-]#[O+].[Cr]. The molecule has 1 rings (SSSR count). The van der Waals surface area contributed by atoms with Crippen LogP contribution in [0.4, 0.5) is 0 Å². The van der Waals surface area contributed by atoms with Crippen LogP contribution in [-0.4, -0.2) is 6.21 Å². The molecular formula is C10H6ClCrNO3. The molecule has 0 aliphatic heterocycles. The maximum Gasteiger partial charge on any atom is 0 e. The molecule has 0 atom stereocenters.